The summed E-state index contributed by atoms with van der Waals surface area (Å²) in [7, 11) is 0. The van der Waals surface area contributed by atoms with E-state index in [4.69, 9.17) is 0 Å². The van der Waals surface area contributed by atoms with Gasteiger partial charge in [-0.05, 0) is 106 Å². The van der Waals surface area contributed by atoms with E-state index < -0.39 is 5.41 Å². The van der Waals surface area contributed by atoms with Crippen molar-refractivity contribution in [1.82, 2.24) is 0 Å². The highest BCUT2D eigenvalue weighted by Crippen LogP contribution is 2.63. The Morgan fingerprint density at radius 1 is 0.320 bits per heavy atom. The molecule has 0 N–H and O–H groups in total. The van der Waals surface area contributed by atoms with Crippen LogP contribution in [-0.4, -0.2) is 0 Å². The van der Waals surface area contributed by atoms with Crippen molar-refractivity contribution < 1.29 is 0 Å². The quantitative estimate of drug-likeness (QED) is 0.164. The zero-order valence-corrected chi connectivity index (χ0v) is 27.9. The molecular formula is C49H28S. The van der Waals surface area contributed by atoms with Crippen LogP contribution in [0.1, 0.15) is 22.3 Å². The summed E-state index contributed by atoms with van der Waals surface area (Å²) < 4.78 is 2.70. The second-order valence-corrected chi connectivity index (χ2v) is 15.0. The van der Waals surface area contributed by atoms with Crippen LogP contribution in [0.3, 0.4) is 0 Å². The summed E-state index contributed by atoms with van der Waals surface area (Å²) in [6, 6.07) is 64.1. The molecule has 1 atom stereocenters. The summed E-state index contributed by atoms with van der Waals surface area (Å²) in [4.78, 5) is 0. The van der Waals surface area contributed by atoms with Gasteiger partial charge in [0, 0.05) is 20.2 Å². The highest BCUT2D eigenvalue weighted by atomic mass is 32.1. The van der Waals surface area contributed by atoms with Crippen LogP contribution in [-0.2, 0) is 5.41 Å². The second kappa shape index (κ2) is 9.57. The molecule has 2 aliphatic rings. The van der Waals surface area contributed by atoms with Crippen molar-refractivity contribution in [2.24, 2.45) is 0 Å². The molecule has 0 amide bonds. The lowest BCUT2D eigenvalue weighted by Crippen LogP contribution is -2.26. The lowest BCUT2D eigenvalue weighted by molar-refractivity contribution is 0.797. The predicted octanol–water partition coefficient (Wildman–Crippen LogP) is 13.5. The zero-order valence-electron chi connectivity index (χ0n) is 27.1. The first-order valence-corrected chi connectivity index (χ1v) is 18.2. The molecule has 50 heavy (non-hydrogen) atoms. The van der Waals surface area contributed by atoms with Crippen LogP contribution in [0.25, 0.3) is 85.9 Å². The summed E-state index contributed by atoms with van der Waals surface area (Å²) in [5, 5.41) is 10.8. The minimum Gasteiger partial charge on any atom is -0.135 e. The molecule has 0 fully saturated rings. The molecule has 0 saturated heterocycles. The minimum atomic E-state index is -0.406. The fraction of sp³-hybridized carbons (Fsp3) is 0.0204. The maximum Gasteiger partial charge on any atom is 0.0726 e. The highest BCUT2D eigenvalue weighted by molar-refractivity contribution is 7.26. The Bertz CT molecular complexity index is 3090. The molecule has 1 unspecified atom stereocenters. The first-order valence-electron chi connectivity index (χ1n) is 17.4. The van der Waals surface area contributed by atoms with E-state index in [-0.39, 0.29) is 0 Å². The van der Waals surface area contributed by atoms with Crippen LogP contribution in [0.4, 0.5) is 0 Å². The van der Waals surface area contributed by atoms with E-state index in [9.17, 15) is 0 Å². The molecule has 0 bridgehead atoms. The zero-order chi connectivity index (χ0) is 32.6. The van der Waals surface area contributed by atoms with Gasteiger partial charge >= 0.3 is 0 Å². The van der Waals surface area contributed by atoms with Crippen LogP contribution in [0.5, 0.6) is 0 Å². The van der Waals surface area contributed by atoms with E-state index in [0.717, 1.165) is 0 Å². The third-order valence-corrected chi connectivity index (χ3v) is 12.9. The molecule has 9 aromatic carbocycles. The number of hydrogen-bond donors (Lipinski definition) is 0. The molecule has 10 aromatic rings. The Morgan fingerprint density at radius 3 is 1.80 bits per heavy atom. The van der Waals surface area contributed by atoms with Crippen molar-refractivity contribution in [2.75, 3.05) is 0 Å². The average Bonchev–Trinajstić information content (AvgIpc) is 3.82. The van der Waals surface area contributed by atoms with Crippen LogP contribution in [0.15, 0.2) is 170 Å². The second-order valence-electron chi connectivity index (χ2n) is 13.9. The molecule has 1 spiro atoms. The smallest absolute Gasteiger partial charge is 0.0726 e. The fourth-order valence-electron chi connectivity index (χ4n) is 9.68. The van der Waals surface area contributed by atoms with Gasteiger partial charge in [0.2, 0.25) is 0 Å². The van der Waals surface area contributed by atoms with E-state index in [1.807, 2.05) is 11.3 Å². The molecule has 12 rings (SSSR count). The Kier molecular flexibility index (Phi) is 5.14. The molecule has 1 heteroatoms. The van der Waals surface area contributed by atoms with Crippen molar-refractivity contribution in [3.8, 4) is 33.4 Å². The van der Waals surface area contributed by atoms with E-state index >= 15 is 0 Å². The summed E-state index contributed by atoms with van der Waals surface area (Å²) in [6.45, 7) is 0. The molecule has 1 heterocycles. The maximum atomic E-state index is 2.53. The van der Waals surface area contributed by atoms with Gasteiger partial charge in [0.25, 0.3) is 0 Å². The Labute approximate surface area is 293 Å². The molecule has 2 aliphatic carbocycles. The van der Waals surface area contributed by atoms with Gasteiger partial charge in [-0.2, -0.15) is 0 Å². The van der Waals surface area contributed by atoms with Crippen molar-refractivity contribution in [1.29, 1.82) is 0 Å². The highest BCUT2D eigenvalue weighted by Gasteiger charge is 2.51. The topological polar surface area (TPSA) is 0 Å². The fourth-order valence-corrected chi connectivity index (χ4v) is 10.9. The standard InChI is InChI=1S/C49H28S/c1-2-11-29(12-3-1)30-23-25-33-37-16-9-20-42-46(37)47-38(40(33)27-30)17-10-21-43(47)49(42)41-19-6-4-13-34(41)35-26-24-31(28-44(35)49)32-15-8-18-39-36-14-5-7-22-45(36)50-48(32)39/h1-28H. The normalized spacial score (nSPS) is 15.7. The average molecular weight is 649 g/mol. The van der Waals surface area contributed by atoms with Crippen LogP contribution < -0.4 is 0 Å². The van der Waals surface area contributed by atoms with Gasteiger partial charge in [-0.25, -0.2) is 0 Å². The van der Waals surface area contributed by atoms with Gasteiger partial charge in [-0.1, -0.05) is 152 Å². The van der Waals surface area contributed by atoms with E-state index in [0.29, 0.717) is 0 Å². The Morgan fingerprint density at radius 2 is 0.940 bits per heavy atom. The van der Waals surface area contributed by atoms with E-state index in [2.05, 4.69) is 170 Å². The van der Waals surface area contributed by atoms with E-state index in [1.165, 1.54) is 108 Å². The lowest BCUT2D eigenvalue weighted by atomic mass is 9.70. The minimum absolute atomic E-state index is 0.406. The molecular weight excluding hydrogens is 621 g/mol. The first-order chi connectivity index (χ1) is 24.8. The van der Waals surface area contributed by atoms with Crippen LogP contribution in [0.2, 0.25) is 0 Å². The van der Waals surface area contributed by atoms with Crippen molar-refractivity contribution in [3.05, 3.63) is 192 Å². The maximum absolute atomic E-state index is 2.53. The molecule has 0 aliphatic heterocycles. The first kappa shape index (κ1) is 26.9. The molecule has 230 valence electrons. The van der Waals surface area contributed by atoms with Gasteiger partial charge in [-0.3, -0.25) is 0 Å². The predicted molar refractivity (Wildman–Crippen MR) is 214 cm³/mol. The molecule has 0 nitrogen and oxygen atoms in total. The Hall–Kier alpha value is -6.02. The SMILES string of the molecule is c1ccc(-c2ccc3c(c2)c2cccc4c2c2c(cccc32)C42c3ccccc3-c3ccc(-c4cccc5c4sc4ccccc45)cc32)cc1. The number of rotatable bonds is 2. The number of thiophene rings is 1. The van der Waals surface area contributed by atoms with Gasteiger partial charge < -0.3 is 0 Å². The summed E-state index contributed by atoms with van der Waals surface area (Å²) >= 11 is 1.91. The largest absolute Gasteiger partial charge is 0.135 e. The summed E-state index contributed by atoms with van der Waals surface area (Å²) in [6.07, 6.45) is 0. The monoisotopic (exact) mass is 648 g/mol. The number of benzene rings is 9. The van der Waals surface area contributed by atoms with Crippen molar-refractivity contribution in [2.45, 2.75) is 5.41 Å². The number of hydrogen-bond acceptors (Lipinski definition) is 1. The van der Waals surface area contributed by atoms with Crippen molar-refractivity contribution in [3.63, 3.8) is 0 Å². The Balaban J connectivity index is 1.19. The summed E-state index contributed by atoms with van der Waals surface area (Å²) in [5.41, 5.74) is 12.9. The van der Waals surface area contributed by atoms with Crippen LogP contribution >= 0.6 is 11.3 Å². The third kappa shape index (κ3) is 3.22. The van der Waals surface area contributed by atoms with Gasteiger partial charge in [0.15, 0.2) is 0 Å². The molecule has 1 aromatic heterocycles. The third-order valence-electron chi connectivity index (χ3n) is 11.7. The molecule has 0 saturated carbocycles. The van der Waals surface area contributed by atoms with Gasteiger partial charge in [0.1, 0.15) is 0 Å². The van der Waals surface area contributed by atoms with Gasteiger partial charge in [-0.15, -0.1) is 11.3 Å². The van der Waals surface area contributed by atoms with Crippen molar-refractivity contribution >= 4 is 63.8 Å². The van der Waals surface area contributed by atoms with Crippen LogP contribution in [0, 0.1) is 0 Å². The number of fused-ring (bicyclic) bond motifs is 13. The van der Waals surface area contributed by atoms with Gasteiger partial charge in [0.05, 0.1) is 5.41 Å². The van der Waals surface area contributed by atoms with E-state index in [1.54, 1.807) is 0 Å². The summed E-state index contributed by atoms with van der Waals surface area (Å²) in [5.74, 6) is 0. The molecule has 0 radical (unpaired) electrons. The lowest BCUT2D eigenvalue weighted by Gasteiger charge is -2.31.